The number of nitrogens with zero attached hydrogens (tertiary/aromatic N) is 4. The van der Waals surface area contributed by atoms with Crippen LogP contribution in [0.2, 0.25) is 0 Å². The summed E-state index contributed by atoms with van der Waals surface area (Å²) in [5.74, 6) is 1.80. The minimum absolute atomic E-state index is 0.577. The van der Waals surface area contributed by atoms with Gasteiger partial charge in [0.2, 0.25) is 0 Å². The molecule has 14 rings (SSSR count). The van der Waals surface area contributed by atoms with Crippen molar-refractivity contribution in [3.63, 3.8) is 0 Å². The summed E-state index contributed by atoms with van der Waals surface area (Å²) < 4.78 is 15.8. The van der Waals surface area contributed by atoms with Crippen molar-refractivity contribution in [2.24, 2.45) is 0 Å². The van der Waals surface area contributed by atoms with Crippen LogP contribution in [-0.2, 0) is 0 Å². The summed E-state index contributed by atoms with van der Waals surface area (Å²) in [6.45, 7) is 0. The maximum atomic E-state index is 6.78. The van der Waals surface area contributed by atoms with Crippen LogP contribution < -0.4 is 0 Å². The van der Waals surface area contributed by atoms with E-state index in [4.69, 9.17) is 23.8 Å². The highest BCUT2D eigenvalue weighted by Crippen LogP contribution is 2.41. The maximum Gasteiger partial charge on any atom is 0.164 e. The van der Waals surface area contributed by atoms with Gasteiger partial charge >= 0.3 is 0 Å². The maximum absolute atomic E-state index is 6.78. The van der Waals surface area contributed by atoms with Gasteiger partial charge in [0.25, 0.3) is 0 Å². The minimum atomic E-state index is 0.577. The molecule has 0 spiro atoms. The quantitative estimate of drug-likeness (QED) is 0.159. The van der Waals surface area contributed by atoms with E-state index >= 15 is 0 Å². The molecule has 0 aliphatic rings. The topological polar surface area (TPSA) is 69.9 Å². The number of fused-ring (bicyclic) bond motifs is 9. The van der Waals surface area contributed by atoms with Gasteiger partial charge in [-0.3, -0.25) is 0 Å². The first-order chi connectivity index (χ1) is 34.2. The standard InChI is InChI=1S/C63H38N4O2/c1-4-13-39(14-5-1)41-23-25-43(26-24-41)62-64-61(42-17-8-3-9-18-42)65-63(66-62)47-28-32-50-49-31-27-46(37-58(49)68-59(50)38-47)45-30-34-57-53(36-45)51-20-12-22-56(60(51)69-57)67-54-21-11-10-19-48(54)52-35-44(29-33-55(52)67)40-15-6-2-7-16-40/h1-38H. The molecule has 0 saturated heterocycles. The largest absolute Gasteiger partial charge is 0.456 e. The summed E-state index contributed by atoms with van der Waals surface area (Å²) in [4.78, 5) is 15.0. The van der Waals surface area contributed by atoms with Crippen LogP contribution in [0.25, 0.3) is 139 Å². The van der Waals surface area contributed by atoms with Gasteiger partial charge in [0.15, 0.2) is 23.1 Å². The Hall–Kier alpha value is -9.39. The first-order valence-corrected chi connectivity index (χ1v) is 23.2. The summed E-state index contributed by atoms with van der Waals surface area (Å²) in [6, 6.07) is 80.4. The number of furan rings is 2. The monoisotopic (exact) mass is 882 g/mol. The zero-order valence-electron chi connectivity index (χ0n) is 37.0. The molecule has 6 nitrogen and oxygen atoms in total. The third kappa shape index (κ3) is 6.53. The van der Waals surface area contributed by atoms with Crippen molar-refractivity contribution in [2.45, 2.75) is 0 Å². The summed E-state index contributed by atoms with van der Waals surface area (Å²) >= 11 is 0. The molecule has 322 valence electrons. The van der Waals surface area contributed by atoms with Gasteiger partial charge in [-0.2, -0.15) is 0 Å². The fourth-order valence-corrected chi connectivity index (χ4v) is 10.1. The van der Waals surface area contributed by atoms with E-state index in [9.17, 15) is 0 Å². The highest BCUT2D eigenvalue weighted by molar-refractivity contribution is 6.14. The van der Waals surface area contributed by atoms with Crippen LogP contribution in [-0.4, -0.2) is 19.5 Å². The summed E-state index contributed by atoms with van der Waals surface area (Å²) in [6.07, 6.45) is 0. The number of rotatable bonds is 7. The van der Waals surface area contributed by atoms with Crippen LogP contribution >= 0.6 is 0 Å². The van der Waals surface area contributed by atoms with Gasteiger partial charge in [0, 0.05) is 49.0 Å². The molecule has 10 aromatic carbocycles. The molecule has 0 fully saturated rings. The zero-order valence-corrected chi connectivity index (χ0v) is 37.0. The predicted molar refractivity (Wildman–Crippen MR) is 281 cm³/mol. The Bertz CT molecular complexity index is 4290. The smallest absolute Gasteiger partial charge is 0.164 e. The molecule has 0 atom stereocenters. The van der Waals surface area contributed by atoms with Crippen LogP contribution in [0, 0.1) is 0 Å². The lowest BCUT2D eigenvalue weighted by Gasteiger charge is -2.09. The van der Waals surface area contributed by atoms with E-state index in [0.717, 1.165) is 99.5 Å². The Morgan fingerprint density at radius 2 is 0.725 bits per heavy atom. The highest BCUT2D eigenvalue weighted by Gasteiger charge is 2.20. The molecule has 14 aromatic rings. The normalized spacial score (nSPS) is 11.8. The summed E-state index contributed by atoms with van der Waals surface area (Å²) in [7, 11) is 0. The second-order valence-corrected chi connectivity index (χ2v) is 17.6. The average Bonchev–Trinajstić information content (AvgIpc) is 4.10. The molecule has 0 amide bonds. The molecular weight excluding hydrogens is 845 g/mol. The van der Waals surface area contributed by atoms with Gasteiger partial charge in [-0.1, -0.05) is 170 Å². The van der Waals surface area contributed by atoms with Crippen molar-refractivity contribution in [1.82, 2.24) is 19.5 Å². The van der Waals surface area contributed by atoms with Crippen molar-refractivity contribution >= 4 is 65.7 Å². The Kier molecular flexibility index (Phi) is 8.79. The van der Waals surface area contributed by atoms with Crippen LogP contribution in [0.15, 0.2) is 239 Å². The van der Waals surface area contributed by atoms with Gasteiger partial charge in [-0.05, 0) is 94.0 Å². The lowest BCUT2D eigenvalue weighted by Crippen LogP contribution is -2.00. The molecule has 0 unspecified atom stereocenters. The first-order valence-electron chi connectivity index (χ1n) is 23.2. The van der Waals surface area contributed by atoms with E-state index in [-0.39, 0.29) is 0 Å². The van der Waals surface area contributed by atoms with E-state index in [2.05, 4.69) is 193 Å². The summed E-state index contributed by atoms with van der Waals surface area (Å²) in [5, 5.41) is 6.61. The fraction of sp³-hybridized carbons (Fsp3) is 0. The molecule has 0 aliphatic heterocycles. The molecule has 4 heterocycles. The van der Waals surface area contributed by atoms with E-state index in [0.29, 0.717) is 17.5 Å². The van der Waals surface area contributed by atoms with Gasteiger partial charge in [0.1, 0.15) is 16.7 Å². The third-order valence-corrected chi connectivity index (χ3v) is 13.5. The van der Waals surface area contributed by atoms with E-state index < -0.39 is 0 Å². The highest BCUT2D eigenvalue weighted by atomic mass is 16.3. The second-order valence-electron chi connectivity index (χ2n) is 17.6. The van der Waals surface area contributed by atoms with Crippen molar-refractivity contribution in [1.29, 1.82) is 0 Å². The molecular formula is C63H38N4O2. The molecule has 69 heavy (non-hydrogen) atoms. The Morgan fingerprint density at radius 3 is 1.45 bits per heavy atom. The Labute approximate surface area is 396 Å². The van der Waals surface area contributed by atoms with Crippen LogP contribution in [0.5, 0.6) is 0 Å². The van der Waals surface area contributed by atoms with Crippen LogP contribution in [0.4, 0.5) is 0 Å². The zero-order chi connectivity index (χ0) is 45.4. The van der Waals surface area contributed by atoms with Gasteiger partial charge in [-0.15, -0.1) is 0 Å². The molecule has 0 aliphatic carbocycles. The molecule has 6 heteroatoms. The molecule has 0 saturated carbocycles. The van der Waals surface area contributed by atoms with Gasteiger partial charge in [-0.25, -0.2) is 15.0 Å². The molecule has 0 bridgehead atoms. The number of aromatic nitrogens is 4. The first kappa shape index (κ1) is 38.8. The lowest BCUT2D eigenvalue weighted by molar-refractivity contribution is 0.666. The number of benzene rings is 10. The van der Waals surface area contributed by atoms with Crippen molar-refractivity contribution in [3.8, 4) is 73.2 Å². The molecule has 0 radical (unpaired) electrons. The number of para-hydroxylation sites is 2. The number of hydrogen-bond acceptors (Lipinski definition) is 5. The van der Waals surface area contributed by atoms with Crippen molar-refractivity contribution in [2.75, 3.05) is 0 Å². The van der Waals surface area contributed by atoms with Gasteiger partial charge < -0.3 is 13.4 Å². The Balaban J connectivity index is 0.829. The van der Waals surface area contributed by atoms with E-state index in [1.807, 2.05) is 42.5 Å². The third-order valence-electron chi connectivity index (χ3n) is 13.5. The van der Waals surface area contributed by atoms with E-state index in [1.54, 1.807) is 0 Å². The Morgan fingerprint density at radius 1 is 0.261 bits per heavy atom. The van der Waals surface area contributed by atoms with Gasteiger partial charge in [0.05, 0.1) is 16.7 Å². The number of hydrogen-bond donors (Lipinski definition) is 0. The minimum Gasteiger partial charge on any atom is -0.456 e. The van der Waals surface area contributed by atoms with Crippen LogP contribution in [0.1, 0.15) is 0 Å². The van der Waals surface area contributed by atoms with Crippen molar-refractivity contribution in [3.05, 3.63) is 231 Å². The fourth-order valence-electron chi connectivity index (χ4n) is 10.1. The van der Waals surface area contributed by atoms with E-state index in [1.165, 1.54) is 21.9 Å². The predicted octanol–water partition coefficient (Wildman–Crippen LogP) is 16.8. The average molecular weight is 883 g/mol. The second kappa shape index (κ2) is 15.6. The van der Waals surface area contributed by atoms with Crippen molar-refractivity contribution < 1.29 is 8.83 Å². The van der Waals surface area contributed by atoms with Crippen LogP contribution in [0.3, 0.4) is 0 Å². The summed E-state index contributed by atoms with van der Waals surface area (Å²) in [5.41, 5.74) is 16.0. The lowest BCUT2D eigenvalue weighted by atomic mass is 10.0. The SMILES string of the molecule is c1ccc(-c2ccc(-c3nc(-c4ccccc4)nc(-c4ccc5c(c4)oc4cc(-c6ccc7oc8c(-n9c%10ccccc%10c%10cc(-c%11ccccc%11)ccc%109)cccc8c7c6)ccc45)n3)cc2)cc1. The molecule has 0 N–H and O–H groups in total. The molecule has 4 aromatic heterocycles.